The van der Waals surface area contributed by atoms with Crippen LogP contribution in [0.3, 0.4) is 0 Å². The van der Waals surface area contributed by atoms with E-state index in [1.165, 1.54) is 11.3 Å². The van der Waals surface area contributed by atoms with Gasteiger partial charge in [0.1, 0.15) is 11.1 Å². The fourth-order valence-corrected chi connectivity index (χ4v) is 2.44. The smallest absolute Gasteiger partial charge is 0.260 e. The third-order valence-corrected chi connectivity index (χ3v) is 3.42. The Morgan fingerprint density at radius 2 is 2.30 bits per heavy atom. The number of hydrogen-bond acceptors (Lipinski definition) is 5. The first-order valence-corrected chi connectivity index (χ1v) is 6.85. The summed E-state index contributed by atoms with van der Waals surface area (Å²) in [5.41, 5.74) is 7.01. The largest absolute Gasteiger partial charge is 0.491 e. The van der Waals surface area contributed by atoms with Crippen LogP contribution in [0.25, 0.3) is 0 Å². The minimum Gasteiger partial charge on any atom is -0.491 e. The monoisotopic (exact) mass is 287 g/mol. The van der Waals surface area contributed by atoms with Gasteiger partial charge in [-0.1, -0.05) is 6.07 Å². The molecule has 5 nitrogen and oxygen atoms in total. The molecule has 0 spiro atoms. The number of carbonyl (C=O) groups is 1. The number of anilines is 2. The lowest BCUT2D eigenvalue weighted by atomic mass is 10.1. The molecule has 20 heavy (non-hydrogen) atoms. The van der Waals surface area contributed by atoms with E-state index in [1.807, 2.05) is 13.0 Å². The van der Waals surface area contributed by atoms with Crippen LogP contribution >= 0.6 is 11.3 Å². The minimum absolute atomic E-state index is 0.347. The number of ether oxygens (including phenoxy) is 1. The lowest BCUT2D eigenvalue weighted by Gasteiger charge is -2.12. The molecule has 1 heterocycles. The second-order valence-electron chi connectivity index (χ2n) is 3.89. The highest BCUT2D eigenvalue weighted by Crippen LogP contribution is 2.29. The molecular weight excluding hydrogens is 274 g/mol. The van der Waals surface area contributed by atoms with E-state index < -0.39 is 0 Å². The zero-order chi connectivity index (χ0) is 14.5. The van der Waals surface area contributed by atoms with Gasteiger partial charge in [0, 0.05) is 0 Å². The molecule has 2 rings (SSSR count). The Hall–Kier alpha value is -2.52. The molecule has 0 unspecified atom stereocenters. The number of nitriles is 1. The molecule has 0 saturated carbocycles. The number of amides is 1. The molecule has 102 valence electrons. The van der Waals surface area contributed by atoms with Crippen LogP contribution in [0, 0.1) is 11.3 Å². The van der Waals surface area contributed by atoms with Gasteiger partial charge < -0.3 is 15.8 Å². The lowest BCUT2D eigenvalue weighted by Crippen LogP contribution is -2.14. The van der Waals surface area contributed by atoms with E-state index in [0.717, 1.165) is 0 Å². The van der Waals surface area contributed by atoms with Crippen molar-refractivity contribution in [3.05, 3.63) is 40.8 Å². The number of nitrogens with one attached hydrogen (secondary N) is 1. The van der Waals surface area contributed by atoms with Crippen molar-refractivity contribution >= 4 is 27.9 Å². The second-order valence-corrected chi connectivity index (χ2v) is 4.80. The van der Waals surface area contributed by atoms with Gasteiger partial charge in [-0.05, 0) is 30.5 Å². The van der Waals surface area contributed by atoms with Crippen LogP contribution in [0.15, 0.2) is 29.6 Å². The van der Waals surface area contributed by atoms with Crippen LogP contribution in [0.2, 0.25) is 0 Å². The van der Waals surface area contributed by atoms with Gasteiger partial charge in [-0.15, -0.1) is 11.3 Å². The van der Waals surface area contributed by atoms with Crippen molar-refractivity contribution in [2.75, 3.05) is 17.7 Å². The number of carbonyl (C=O) groups excluding carboxylic acids is 1. The molecule has 0 saturated heterocycles. The van der Waals surface area contributed by atoms with Crippen LogP contribution in [-0.4, -0.2) is 12.5 Å². The Labute approximate surface area is 120 Å². The maximum atomic E-state index is 12.3. The predicted octanol–water partition coefficient (Wildman–Crippen LogP) is 2.85. The van der Waals surface area contributed by atoms with Gasteiger partial charge >= 0.3 is 0 Å². The molecule has 0 bridgehead atoms. The summed E-state index contributed by atoms with van der Waals surface area (Å²) in [5, 5.41) is 13.9. The minimum atomic E-state index is -0.347. The SMILES string of the molecule is CCOc1c(N)cccc1C(=O)Nc1sccc1C#N. The fraction of sp³-hybridized carbons (Fsp3) is 0.143. The Morgan fingerprint density at radius 3 is 3.00 bits per heavy atom. The Bertz CT molecular complexity index is 673. The molecule has 0 fully saturated rings. The normalized spacial score (nSPS) is 9.80. The van der Waals surface area contributed by atoms with Crippen LogP contribution in [0.1, 0.15) is 22.8 Å². The highest BCUT2D eigenvalue weighted by molar-refractivity contribution is 7.14. The third kappa shape index (κ3) is 2.73. The van der Waals surface area contributed by atoms with Crippen LogP contribution < -0.4 is 15.8 Å². The summed E-state index contributed by atoms with van der Waals surface area (Å²) >= 11 is 1.29. The standard InChI is InChI=1S/C14H13N3O2S/c1-2-19-12-10(4-3-5-11(12)16)13(18)17-14-9(8-15)6-7-20-14/h3-7H,2,16H2,1H3,(H,17,18). The first kappa shape index (κ1) is 13.9. The van der Waals surface area contributed by atoms with Crippen molar-refractivity contribution in [2.24, 2.45) is 0 Å². The van der Waals surface area contributed by atoms with Crippen molar-refractivity contribution in [3.63, 3.8) is 0 Å². The summed E-state index contributed by atoms with van der Waals surface area (Å²) in [6.45, 7) is 2.23. The Morgan fingerprint density at radius 1 is 1.50 bits per heavy atom. The number of benzene rings is 1. The lowest BCUT2D eigenvalue weighted by molar-refractivity contribution is 0.102. The fourth-order valence-electron chi connectivity index (χ4n) is 1.70. The average molecular weight is 287 g/mol. The summed E-state index contributed by atoms with van der Waals surface area (Å²) in [6.07, 6.45) is 0. The number of nitrogens with zero attached hydrogens (tertiary/aromatic N) is 1. The molecule has 2 aromatic rings. The quantitative estimate of drug-likeness (QED) is 0.846. The summed E-state index contributed by atoms with van der Waals surface area (Å²) in [7, 11) is 0. The number of para-hydroxylation sites is 1. The molecule has 0 aliphatic carbocycles. The molecule has 0 aliphatic heterocycles. The maximum Gasteiger partial charge on any atom is 0.260 e. The molecule has 0 atom stereocenters. The topological polar surface area (TPSA) is 88.1 Å². The van der Waals surface area contributed by atoms with E-state index >= 15 is 0 Å². The molecule has 3 N–H and O–H groups in total. The average Bonchev–Trinajstić information content (AvgIpc) is 2.88. The van der Waals surface area contributed by atoms with Crippen molar-refractivity contribution in [3.8, 4) is 11.8 Å². The maximum absolute atomic E-state index is 12.3. The van der Waals surface area contributed by atoms with E-state index in [0.29, 0.717) is 34.2 Å². The van der Waals surface area contributed by atoms with Gasteiger partial charge in [0.2, 0.25) is 0 Å². The number of hydrogen-bond donors (Lipinski definition) is 2. The molecule has 0 radical (unpaired) electrons. The summed E-state index contributed by atoms with van der Waals surface area (Å²) < 4.78 is 5.42. The van der Waals surface area contributed by atoms with Gasteiger partial charge in [0.15, 0.2) is 5.75 Å². The van der Waals surface area contributed by atoms with Gasteiger partial charge in [0.25, 0.3) is 5.91 Å². The summed E-state index contributed by atoms with van der Waals surface area (Å²) in [5.74, 6) is 0.0160. The van der Waals surface area contributed by atoms with Crippen LogP contribution in [0.5, 0.6) is 5.75 Å². The van der Waals surface area contributed by atoms with Crippen LogP contribution in [-0.2, 0) is 0 Å². The second kappa shape index (κ2) is 6.08. The van der Waals surface area contributed by atoms with Gasteiger partial charge in [-0.3, -0.25) is 4.79 Å². The van der Waals surface area contributed by atoms with Crippen molar-refractivity contribution in [2.45, 2.75) is 6.92 Å². The van der Waals surface area contributed by atoms with Gasteiger partial charge in [-0.25, -0.2) is 0 Å². The zero-order valence-corrected chi connectivity index (χ0v) is 11.7. The molecular formula is C14H13N3O2S. The predicted molar refractivity (Wildman–Crippen MR) is 79.0 cm³/mol. The van der Waals surface area contributed by atoms with Gasteiger partial charge in [-0.2, -0.15) is 5.26 Å². The van der Waals surface area contributed by atoms with E-state index in [1.54, 1.807) is 29.6 Å². The van der Waals surface area contributed by atoms with E-state index in [9.17, 15) is 4.79 Å². The summed E-state index contributed by atoms with van der Waals surface area (Å²) in [4.78, 5) is 12.3. The highest BCUT2D eigenvalue weighted by atomic mass is 32.1. The molecule has 0 aliphatic rings. The van der Waals surface area contributed by atoms with E-state index in [-0.39, 0.29) is 5.91 Å². The third-order valence-electron chi connectivity index (χ3n) is 2.59. The van der Waals surface area contributed by atoms with Crippen LogP contribution in [0.4, 0.5) is 10.7 Å². The molecule has 1 amide bonds. The van der Waals surface area contributed by atoms with Crippen molar-refractivity contribution in [1.82, 2.24) is 0 Å². The van der Waals surface area contributed by atoms with Crippen molar-refractivity contribution in [1.29, 1.82) is 5.26 Å². The summed E-state index contributed by atoms with van der Waals surface area (Å²) in [6, 6.07) is 8.68. The first-order valence-electron chi connectivity index (χ1n) is 5.97. The Balaban J connectivity index is 2.30. The number of nitrogens with two attached hydrogens (primary N) is 1. The molecule has 6 heteroatoms. The number of nitrogen functional groups attached to an aromatic ring is 1. The zero-order valence-electron chi connectivity index (χ0n) is 10.8. The van der Waals surface area contributed by atoms with E-state index in [2.05, 4.69) is 5.32 Å². The molecule has 1 aromatic heterocycles. The van der Waals surface area contributed by atoms with E-state index in [4.69, 9.17) is 15.7 Å². The number of thiophene rings is 1. The van der Waals surface area contributed by atoms with Gasteiger partial charge in [0.05, 0.1) is 23.4 Å². The first-order chi connectivity index (χ1) is 9.67. The Kier molecular flexibility index (Phi) is 4.23. The number of rotatable bonds is 4. The highest BCUT2D eigenvalue weighted by Gasteiger charge is 2.16. The molecule has 1 aromatic carbocycles. The van der Waals surface area contributed by atoms with Crippen molar-refractivity contribution < 1.29 is 9.53 Å².